The Morgan fingerprint density at radius 3 is 2.40 bits per heavy atom. The highest BCUT2D eigenvalue weighted by atomic mass is 16.5. The molecular weight excluding hydrogens is 318 g/mol. The minimum atomic E-state index is -0.422. The zero-order valence-corrected chi connectivity index (χ0v) is 15.2. The fourth-order valence-electron chi connectivity index (χ4n) is 3.00. The highest BCUT2D eigenvalue weighted by Gasteiger charge is 2.21. The summed E-state index contributed by atoms with van der Waals surface area (Å²) in [5, 5.41) is 2.80. The topological polar surface area (TPSA) is 61.9 Å². The van der Waals surface area contributed by atoms with E-state index in [4.69, 9.17) is 4.74 Å². The molecule has 2 rings (SSSR count). The minimum Gasteiger partial charge on any atom is -0.369 e. The summed E-state index contributed by atoms with van der Waals surface area (Å²) in [6.45, 7) is 7.77. The maximum Gasteiger partial charge on any atom is 0.249 e. The quantitative estimate of drug-likeness (QED) is 0.777. The van der Waals surface area contributed by atoms with E-state index in [0.717, 1.165) is 26.2 Å². The van der Waals surface area contributed by atoms with E-state index in [1.165, 1.54) is 5.69 Å². The van der Waals surface area contributed by atoms with Crippen LogP contribution in [0.1, 0.15) is 26.7 Å². The predicted octanol–water partition coefficient (Wildman–Crippen LogP) is 1.66. The zero-order valence-electron chi connectivity index (χ0n) is 15.2. The molecule has 1 aliphatic heterocycles. The number of rotatable bonds is 8. The molecule has 1 heterocycles. The van der Waals surface area contributed by atoms with E-state index in [-0.39, 0.29) is 11.8 Å². The molecule has 1 N–H and O–H groups in total. The summed E-state index contributed by atoms with van der Waals surface area (Å²) in [5.74, 6) is -0.0384. The Morgan fingerprint density at radius 1 is 1.12 bits per heavy atom. The summed E-state index contributed by atoms with van der Waals surface area (Å²) in [4.78, 5) is 28.4. The van der Waals surface area contributed by atoms with Crippen LogP contribution in [0.2, 0.25) is 0 Å². The molecule has 0 bridgehead atoms. The van der Waals surface area contributed by atoms with E-state index in [9.17, 15) is 9.59 Å². The second kappa shape index (κ2) is 10.0. The molecular formula is C19H29N3O3. The van der Waals surface area contributed by atoms with Crippen LogP contribution in [-0.2, 0) is 14.3 Å². The lowest BCUT2D eigenvalue weighted by Crippen LogP contribution is -2.49. The van der Waals surface area contributed by atoms with Gasteiger partial charge < -0.3 is 19.9 Å². The minimum absolute atomic E-state index is 0.0949. The van der Waals surface area contributed by atoms with Crippen molar-refractivity contribution in [2.24, 2.45) is 0 Å². The van der Waals surface area contributed by atoms with E-state index in [1.54, 1.807) is 0 Å². The number of carbonyl (C=O) groups is 2. The second-order valence-electron chi connectivity index (χ2n) is 6.10. The van der Waals surface area contributed by atoms with Crippen molar-refractivity contribution >= 4 is 17.5 Å². The average molecular weight is 347 g/mol. The summed E-state index contributed by atoms with van der Waals surface area (Å²) in [6, 6.07) is 10.3. The van der Waals surface area contributed by atoms with Crippen LogP contribution in [0.5, 0.6) is 0 Å². The third kappa shape index (κ3) is 5.74. The number of nitrogens with zero attached hydrogens (tertiary/aromatic N) is 2. The molecule has 1 atom stereocenters. The standard InChI is InChI=1S/C19H29N3O3/c1-3-17(25-4-2)19(24)20-11-10-18(23)22-14-12-21(13-15-22)16-8-6-5-7-9-16/h5-9,17H,3-4,10-15H2,1-2H3,(H,20,24)/t17-/m0/s1. The molecule has 25 heavy (non-hydrogen) atoms. The van der Waals surface area contributed by atoms with Crippen molar-refractivity contribution in [3.63, 3.8) is 0 Å². The SMILES string of the molecule is CCO[C@@H](CC)C(=O)NCCC(=O)N1CCN(c2ccccc2)CC1. The molecule has 1 aromatic carbocycles. The number of amides is 2. The van der Waals surface area contributed by atoms with Gasteiger partial charge in [-0.2, -0.15) is 0 Å². The molecule has 0 unspecified atom stereocenters. The fraction of sp³-hybridized carbons (Fsp3) is 0.579. The van der Waals surface area contributed by atoms with Gasteiger partial charge in [0, 0.05) is 51.4 Å². The Kier molecular flexibility index (Phi) is 7.73. The van der Waals surface area contributed by atoms with Gasteiger partial charge in [0.05, 0.1) is 0 Å². The van der Waals surface area contributed by atoms with E-state index >= 15 is 0 Å². The van der Waals surface area contributed by atoms with E-state index < -0.39 is 6.10 Å². The van der Waals surface area contributed by atoms with Gasteiger partial charge in [-0.05, 0) is 25.5 Å². The molecule has 0 saturated carbocycles. The molecule has 0 aromatic heterocycles. The van der Waals surface area contributed by atoms with Gasteiger partial charge >= 0.3 is 0 Å². The molecule has 138 valence electrons. The van der Waals surface area contributed by atoms with Gasteiger partial charge in [-0.1, -0.05) is 25.1 Å². The third-order valence-corrected chi connectivity index (χ3v) is 4.42. The molecule has 1 aromatic rings. The molecule has 6 nitrogen and oxygen atoms in total. The lowest BCUT2D eigenvalue weighted by Gasteiger charge is -2.36. The lowest BCUT2D eigenvalue weighted by atomic mass is 10.2. The van der Waals surface area contributed by atoms with E-state index in [0.29, 0.717) is 26.0 Å². The first-order chi connectivity index (χ1) is 12.2. The highest BCUT2D eigenvalue weighted by molar-refractivity contribution is 5.82. The van der Waals surface area contributed by atoms with Gasteiger partial charge in [0.25, 0.3) is 0 Å². The van der Waals surface area contributed by atoms with Crippen molar-refractivity contribution in [3.8, 4) is 0 Å². The molecule has 1 aliphatic rings. The summed E-state index contributed by atoms with van der Waals surface area (Å²) in [7, 11) is 0. The molecule has 0 radical (unpaired) electrons. The lowest BCUT2D eigenvalue weighted by molar-refractivity contribution is -0.133. The zero-order chi connectivity index (χ0) is 18.1. The Labute approximate surface area is 150 Å². The summed E-state index contributed by atoms with van der Waals surface area (Å²) in [6.07, 6.45) is 0.545. The van der Waals surface area contributed by atoms with Gasteiger partial charge in [-0.25, -0.2) is 0 Å². The number of carbonyl (C=O) groups excluding carboxylic acids is 2. The van der Waals surface area contributed by atoms with E-state index in [2.05, 4.69) is 22.3 Å². The van der Waals surface area contributed by atoms with Crippen molar-refractivity contribution in [2.75, 3.05) is 44.2 Å². The monoisotopic (exact) mass is 347 g/mol. The van der Waals surface area contributed by atoms with Crippen LogP contribution in [0.4, 0.5) is 5.69 Å². The number of anilines is 1. The van der Waals surface area contributed by atoms with Crippen molar-refractivity contribution in [3.05, 3.63) is 30.3 Å². The van der Waals surface area contributed by atoms with Crippen LogP contribution in [-0.4, -0.2) is 62.1 Å². The normalized spacial score (nSPS) is 15.8. The van der Waals surface area contributed by atoms with Crippen LogP contribution < -0.4 is 10.2 Å². The van der Waals surface area contributed by atoms with Crippen LogP contribution in [0.3, 0.4) is 0 Å². The number of hydrogen-bond donors (Lipinski definition) is 1. The smallest absolute Gasteiger partial charge is 0.249 e. The number of piperazine rings is 1. The predicted molar refractivity (Wildman–Crippen MR) is 98.6 cm³/mol. The Hall–Kier alpha value is -2.08. The van der Waals surface area contributed by atoms with Crippen molar-refractivity contribution in [2.45, 2.75) is 32.8 Å². The Bertz CT molecular complexity index is 542. The maximum absolute atomic E-state index is 12.3. The van der Waals surface area contributed by atoms with Crippen LogP contribution in [0.25, 0.3) is 0 Å². The number of nitrogens with one attached hydrogen (secondary N) is 1. The average Bonchev–Trinajstić information content (AvgIpc) is 2.66. The molecule has 6 heteroatoms. The second-order valence-corrected chi connectivity index (χ2v) is 6.10. The van der Waals surface area contributed by atoms with Crippen molar-refractivity contribution in [1.82, 2.24) is 10.2 Å². The van der Waals surface area contributed by atoms with Crippen LogP contribution in [0, 0.1) is 0 Å². The van der Waals surface area contributed by atoms with Gasteiger partial charge in [0.1, 0.15) is 6.10 Å². The Morgan fingerprint density at radius 2 is 1.80 bits per heavy atom. The Balaban J connectivity index is 1.69. The molecule has 2 amide bonds. The van der Waals surface area contributed by atoms with Gasteiger partial charge in [-0.3, -0.25) is 9.59 Å². The maximum atomic E-state index is 12.3. The summed E-state index contributed by atoms with van der Waals surface area (Å²) < 4.78 is 5.37. The highest BCUT2D eigenvalue weighted by Crippen LogP contribution is 2.15. The van der Waals surface area contributed by atoms with Gasteiger partial charge in [-0.15, -0.1) is 0 Å². The molecule has 1 saturated heterocycles. The van der Waals surface area contributed by atoms with Crippen LogP contribution in [0.15, 0.2) is 30.3 Å². The molecule has 0 spiro atoms. The van der Waals surface area contributed by atoms with E-state index in [1.807, 2.05) is 36.9 Å². The number of benzene rings is 1. The molecule has 0 aliphatic carbocycles. The molecule has 1 fully saturated rings. The fourth-order valence-corrected chi connectivity index (χ4v) is 3.00. The first kappa shape index (κ1) is 19.2. The van der Waals surface area contributed by atoms with Gasteiger partial charge in [0.15, 0.2) is 0 Å². The summed E-state index contributed by atoms with van der Waals surface area (Å²) >= 11 is 0. The largest absolute Gasteiger partial charge is 0.369 e. The van der Waals surface area contributed by atoms with Crippen molar-refractivity contribution < 1.29 is 14.3 Å². The third-order valence-electron chi connectivity index (χ3n) is 4.42. The first-order valence-corrected chi connectivity index (χ1v) is 9.12. The van der Waals surface area contributed by atoms with Crippen molar-refractivity contribution in [1.29, 1.82) is 0 Å². The first-order valence-electron chi connectivity index (χ1n) is 9.12. The van der Waals surface area contributed by atoms with Crippen LogP contribution >= 0.6 is 0 Å². The number of ether oxygens (including phenoxy) is 1. The number of para-hydroxylation sites is 1. The van der Waals surface area contributed by atoms with Gasteiger partial charge in [0.2, 0.25) is 11.8 Å². The summed E-state index contributed by atoms with van der Waals surface area (Å²) in [5.41, 5.74) is 1.20. The number of hydrogen-bond acceptors (Lipinski definition) is 4.